The van der Waals surface area contributed by atoms with E-state index in [1.54, 1.807) is 14.0 Å². The predicted molar refractivity (Wildman–Crippen MR) is 159 cm³/mol. The van der Waals surface area contributed by atoms with Gasteiger partial charge >= 0.3 is 0 Å². The number of Topliss-reactive ketones (excluding diaryl/α,β-unsaturated/α-hetero) is 1. The van der Waals surface area contributed by atoms with Gasteiger partial charge in [0.15, 0.2) is 11.5 Å². The molecule has 0 heterocycles. The molecule has 3 unspecified atom stereocenters. The van der Waals surface area contributed by atoms with Gasteiger partial charge in [-0.2, -0.15) is 0 Å². The molecule has 0 aliphatic heterocycles. The standard InChI is InChI=1S/C36H38O4/c1-24-17-30-19-31(23-39-21-27-11-7-5-8-12-27)35(26(3)37)36(32(30)18-25(24)2)29-15-16-33(34(20-29)38-4)40-22-28-13-9-6-10-14-28/h5-18,20,31,35-36H,19,21-23H2,1-4H3. The molecule has 0 saturated heterocycles. The van der Waals surface area contributed by atoms with Gasteiger partial charge in [0.25, 0.3) is 0 Å². The number of methoxy groups -OCH3 is 1. The minimum absolute atomic E-state index is 0.0702. The lowest BCUT2D eigenvalue weighted by Gasteiger charge is -2.39. The third kappa shape index (κ3) is 6.13. The van der Waals surface area contributed by atoms with Crippen LogP contribution in [0.5, 0.6) is 11.5 Å². The van der Waals surface area contributed by atoms with Crippen molar-refractivity contribution in [3.8, 4) is 11.5 Å². The number of benzene rings is 4. The SMILES string of the molecule is COc1cc(C2c3cc(C)c(C)cc3CC(COCc3ccccc3)C2C(C)=O)ccc1OCc1ccccc1. The summed E-state index contributed by atoms with van der Waals surface area (Å²) in [6, 6.07) is 31.0. The smallest absolute Gasteiger partial charge is 0.161 e. The number of ketones is 1. The molecular formula is C36H38O4. The summed E-state index contributed by atoms with van der Waals surface area (Å²) in [7, 11) is 1.67. The lowest BCUT2D eigenvalue weighted by atomic mass is 9.65. The largest absolute Gasteiger partial charge is 0.493 e. The Hall–Kier alpha value is -3.89. The van der Waals surface area contributed by atoms with Crippen LogP contribution in [-0.2, 0) is 29.2 Å². The van der Waals surface area contributed by atoms with Crippen molar-refractivity contribution in [3.05, 3.63) is 130 Å². The van der Waals surface area contributed by atoms with E-state index in [4.69, 9.17) is 14.2 Å². The van der Waals surface area contributed by atoms with Crippen LogP contribution in [0.3, 0.4) is 0 Å². The highest BCUT2D eigenvalue weighted by molar-refractivity contribution is 5.81. The first-order chi connectivity index (χ1) is 19.4. The Morgan fingerprint density at radius 3 is 2.10 bits per heavy atom. The maximum atomic E-state index is 13.4. The second-order valence-electron chi connectivity index (χ2n) is 10.9. The average molecular weight is 535 g/mol. The molecule has 1 aliphatic carbocycles. The highest BCUT2D eigenvalue weighted by atomic mass is 16.5. The van der Waals surface area contributed by atoms with E-state index in [1.807, 2.05) is 60.7 Å². The molecule has 206 valence electrons. The van der Waals surface area contributed by atoms with Crippen molar-refractivity contribution in [2.75, 3.05) is 13.7 Å². The quantitative estimate of drug-likeness (QED) is 0.210. The van der Waals surface area contributed by atoms with Gasteiger partial charge < -0.3 is 14.2 Å². The van der Waals surface area contributed by atoms with Crippen LogP contribution in [-0.4, -0.2) is 19.5 Å². The van der Waals surface area contributed by atoms with Gasteiger partial charge in [-0.25, -0.2) is 0 Å². The van der Waals surface area contributed by atoms with E-state index in [9.17, 15) is 4.79 Å². The fraction of sp³-hybridized carbons (Fsp3) is 0.306. The van der Waals surface area contributed by atoms with Crippen LogP contribution in [0.15, 0.2) is 91.0 Å². The Morgan fingerprint density at radius 2 is 1.45 bits per heavy atom. The molecule has 4 nitrogen and oxygen atoms in total. The van der Waals surface area contributed by atoms with Crippen LogP contribution in [0, 0.1) is 25.7 Å². The van der Waals surface area contributed by atoms with Gasteiger partial charge in [0.1, 0.15) is 12.4 Å². The molecule has 4 heteroatoms. The Labute approximate surface area is 237 Å². The van der Waals surface area contributed by atoms with Crippen LogP contribution < -0.4 is 9.47 Å². The number of fused-ring (bicyclic) bond motifs is 1. The molecule has 1 aliphatic rings. The van der Waals surface area contributed by atoms with Gasteiger partial charge in [-0.15, -0.1) is 0 Å². The van der Waals surface area contributed by atoms with E-state index in [2.05, 4.69) is 44.2 Å². The van der Waals surface area contributed by atoms with Gasteiger partial charge in [-0.1, -0.05) is 78.9 Å². The summed E-state index contributed by atoms with van der Waals surface area (Å²) in [5, 5.41) is 0. The van der Waals surface area contributed by atoms with Crippen LogP contribution in [0.2, 0.25) is 0 Å². The minimum Gasteiger partial charge on any atom is -0.493 e. The molecule has 40 heavy (non-hydrogen) atoms. The first-order valence-corrected chi connectivity index (χ1v) is 14.0. The molecule has 0 saturated carbocycles. The van der Waals surface area contributed by atoms with E-state index >= 15 is 0 Å². The molecule has 0 spiro atoms. The van der Waals surface area contributed by atoms with Crippen LogP contribution >= 0.6 is 0 Å². The molecule has 0 fully saturated rings. The molecular weight excluding hydrogens is 496 g/mol. The number of carbonyl (C=O) groups excluding carboxylic acids is 1. The lowest BCUT2D eigenvalue weighted by Crippen LogP contribution is -2.37. The van der Waals surface area contributed by atoms with Gasteiger partial charge in [0.2, 0.25) is 0 Å². The zero-order valence-electron chi connectivity index (χ0n) is 23.9. The topological polar surface area (TPSA) is 44.8 Å². The molecule has 0 bridgehead atoms. The number of hydrogen-bond acceptors (Lipinski definition) is 4. The summed E-state index contributed by atoms with van der Waals surface area (Å²) in [5.41, 5.74) is 8.31. The Kier molecular flexibility index (Phi) is 8.66. The zero-order valence-corrected chi connectivity index (χ0v) is 23.9. The molecule has 4 aromatic rings. The summed E-state index contributed by atoms with van der Waals surface area (Å²) in [4.78, 5) is 13.4. The van der Waals surface area contributed by atoms with Crippen molar-refractivity contribution in [2.24, 2.45) is 11.8 Å². The monoisotopic (exact) mass is 534 g/mol. The maximum Gasteiger partial charge on any atom is 0.161 e. The first-order valence-electron chi connectivity index (χ1n) is 14.0. The van der Waals surface area contributed by atoms with Crippen molar-refractivity contribution < 1.29 is 19.0 Å². The third-order valence-electron chi connectivity index (χ3n) is 8.14. The van der Waals surface area contributed by atoms with Crippen LogP contribution in [0.1, 0.15) is 51.8 Å². The predicted octanol–water partition coefficient (Wildman–Crippen LogP) is 7.62. The van der Waals surface area contributed by atoms with Gasteiger partial charge in [0, 0.05) is 11.8 Å². The molecule has 4 aromatic carbocycles. The van der Waals surface area contributed by atoms with Gasteiger partial charge in [0.05, 0.1) is 20.3 Å². The number of rotatable bonds is 10. The number of ether oxygens (including phenoxy) is 3. The van der Waals surface area contributed by atoms with Crippen molar-refractivity contribution in [2.45, 2.75) is 46.3 Å². The van der Waals surface area contributed by atoms with Gasteiger partial charge in [-0.05, 0) is 84.2 Å². The van der Waals surface area contributed by atoms with Crippen molar-refractivity contribution in [3.63, 3.8) is 0 Å². The fourth-order valence-corrected chi connectivity index (χ4v) is 5.99. The highest BCUT2D eigenvalue weighted by Gasteiger charge is 2.41. The lowest BCUT2D eigenvalue weighted by molar-refractivity contribution is -0.124. The normalized spacial score (nSPS) is 18.1. The van der Waals surface area contributed by atoms with E-state index in [1.165, 1.54) is 22.3 Å². The molecule has 0 N–H and O–H groups in total. The molecule has 0 radical (unpaired) electrons. The fourth-order valence-electron chi connectivity index (χ4n) is 5.99. The third-order valence-corrected chi connectivity index (χ3v) is 8.14. The zero-order chi connectivity index (χ0) is 28.1. The Balaban J connectivity index is 1.47. The van der Waals surface area contributed by atoms with E-state index < -0.39 is 0 Å². The molecule has 3 atom stereocenters. The highest BCUT2D eigenvalue weighted by Crippen LogP contribution is 2.47. The molecule has 5 rings (SSSR count). The van der Waals surface area contributed by atoms with Crippen molar-refractivity contribution in [1.82, 2.24) is 0 Å². The number of carbonyl (C=O) groups is 1. The summed E-state index contributed by atoms with van der Waals surface area (Å²) in [6.45, 7) is 7.54. The maximum absolute atomic E-state index is 13.4. The summed E-state index contributed by atoms with van der Waals surface area (Å²) in [5.74, 6) is 1.32. The van der Waals surface area contributed by atoms with E-state index in [0.717, 1.165) is 23.1 Å². The van der Waals surface area contributed by atoms with Crippen molar-refractivity contribution in [1.29, 1.82) is 0 Å². The van der Waals surface area contributed by atoms with Crippen LogP contribution in [0.25, 0.3) is 0 Å². The number of aryl methyl sites for hydroxylation is 2. The second-order valence-corrected chi connectivity index (χ2v) is 10.9. The minimum atomic E-state index is -0.203. The second kappa shape index (κ2) is 12.5. The Bertz CT molecular complexity index is 1440. The Morgan fingerprint density at radius 1 is 0.800 bits per heavy atom. The summed E-state index contributed by atoms with van der Waals surface area (Å²) >= 11 is 0. The van der Waals surface area contributed by atoms with Crippen molar-refractivity contribution >= 4 is 5.78 Å². The molecule has 0 amide bonds. The first kappa shape index (κ1) is 27.7. The van der Waals surface area contributed by atoms with Crippen LogP contribution in [0.4, 0.5) is 0 Å². The number of hydrogen-bond donors (Lipinski definition) is 0. The van der Waals surface area contributed by atoms with E-state index in [0.29, 0.717) is 31.3 Å². The van der Waals surface area contributed by atoms with Gasteiger partial charge in [-0.3, -0.25) is 4.79 Å². The summed E-state index contributed by atoms with van der Waals surface area (Å²) in [6.07, 6.45) is 0.821. The molecule has 0 aromatic heterocycles. The average Bonchev–Trinajstić information content (AvgIpc) is 2.97. The summed E-state index contributed by atoms with van der Waals surface area (Å²) < 4.78 is 18.2. The van der Waals surface area contributed by atoms with E-state index in [-0.39, 0.29) is 23.5 Å².